The largest absolute Gasteiger partial charge is 0.480 e. The van der Waals surface area contributed by atoms with E-state index in [9.17, 15) is 14.7 Å². The van der Waals surface area contributed by atoms with Crippen molar-refractivity contribution in [3.05, 3.63) is 52.9 Å². The van der Waals surface area contributed by atoms with Crippen LogP contribution in [0.5, 0.6) is 0 Å². The van der Waals surface area contributed by atoms with Crippen LogP contribution >= 0.6 is 0 Å². The molecule has 0 saturated heterocycles. The molecule has 2 aromatic rings. The van der Waals surface area contributed by atoms with E-state index >= 15 is 0 Å². The van der Waals surface area contributed by atoms with Crippen LogP contribution in [-0.2, 0) is 16.0 Å². The zero-order chi connectivity index (χ0) is 18.6. The smallest absolute Gasteiger partial charge is 0.329 e. The normalized spacial score (nSPS) is 14.6. The number of rotatable bonds is 7. The monoisotopic (exact) mass is 344 g/mol. The molecule has 2 N–H and O–H groups in total. The summed E-state index contributed by atoms with van der Waals surface area (Å²) in [6.07, 6.45) is 0.857. The lowest BCUT2D eigenvalue weighted by Gasteiger charge is -2.28. The average Bonchev–Trinajstić information content (AvgIpc) is 2.91. The molecule has 6 nitrogen and oxygen atoms in total. The fraction of sp³-hybridized carbons (Fsp3) is 0.421. The van der Waals surface area contributed by atoms with Crippen LogP contribution in [0.4, 0.5) is 0 Å². The number of nitrogens with zero attached hydrogens (tertiary/aromatic N) is 1. The van der Waals surface area contributed by atoms with Gasteiger partial charge in [-0.1, -0.05) is 35.5 Å². The van der Waals surface area contributed by atoms with E-state index in [4.69, 9.17) is 4.52 Å². The Labute approximate surface area is 147 Å². The molecule has 0 aliphatic rings. The Kier molecular flexibility index (Phi) is 5.62. The molecule has 0 fully saturated rings. The fourth-order valence-electron chi connectivity index (χ4n) is 2.88. The van der Waals surface area contributed by atoms with Crippen LogP contribution in [0, 0.1) is 13.8 Å². The van der Waals surface area contributed by atoms with E-state index in [0.29, 0.717) is 29.9 Å². The Bertz CT molecular complexity index is 735. The highest BCUT2D eigenvalue weighted by atomic mass is 16.5. The maximum Gasteiger partial charge on any atom is 0.329 e. The van der Waals surface area contributed by atoms with Gasteiger partial charge in [0.1, 0.15) is 11.3 Å². The number of carboxylic acids is 1. The Morgan fingerprint density at radius 2 is 1.92 bits per heavy atom. The number of carboxylic acid groups (broad SMARTS) is 1. The molecular formula is C19H24N2O4. The van der Waals surface area contributed by atoms with Gasteiger partial charge in [-0.15, -0.1) is 0 Å². The van der Waals surface area contributed by atoms with Crippen molar-refractivity contribution in [1.29, 1.82) is 0 Å². The Balaban J connectivity index is 2.12. The minimum absolute atomic E-state index is 0.298. The number of aliphatic carboxylic acids is 1. The highest BCUT2D eigenvalue weighted by Crippen LogP contribution is 2.25. The SMILES string of the molecule is Cc1noc(C)c1C(C)C(=O)NC(C)(CCc1ccccc1)C(=O)O. The zero-order valence-corrected chi connectivity index (χ0v) is 15.0. The molecule has 6 heteroatoms. The van der Waals surface area contributed by atoms with E-state index in [-0.39, 0.29) is 5.91 Å². The van der Waals surface area contributed by atoms with E-state index in [1.54, 1.807) is 20.8 Å². The van der Waals surface area contributed by atoms with Gasteiger partial charge in [0, 0.05) is 5.56 Å². The van der Waals surface area contributed by atoms with Gasteiger partial charge in [-0.05, 0) is 46.1 Å². The summed E-state index contributed by atoms with van der Waals surface area (Å²) in [7, 11) is 0. The van der Waals surface area contributed by atoms with Crippen molar-refractivity contribution in [2.24, 2.45) is 0 Å². The molecule has 134 valence electrons. The van der Waals surface area contributed by atoms with Crippen molar-refractivity contribution < 1.29 is 19.2 Å². The number of aromatic nitrogens is 1. The number of nitrogens with one attached hydrogen (secondary N) is 1. The minimum atomic E-state index is -1.35. The number of hydrogen-bond donors (Lipinski definition) is 2. The van der Waals surface area contributed by atoms with Crippen molar-refractivity contribution in [3.8, 4) is 0 Å². The van der Waals surface area contributed by atoms with E-state index in [1.807, 2.05) is 30.3 Å². The highest BCUT2D eigenvalue weighted by Gasteiger charge is 2.36. The maximum atomic E-state index is 12.6. The van der Waals surface area contributed by atoms with Gasteiger partial charge in [-0.2, -0.15) is 0 Å². The first-order valence-electron chi connectivity index (χ1n) is 8.26. The standard InChI is InChI=1S/C19H24N2O4/c1-12(16-13(2)21-25-14(16)3)17(22)20-19(4,18(23)24)11-10-15-8-6-5-7-9-15/h5-9,12H,10-11H2,1-4H3,(H,20,22)(H,23,24). The highest BCUT2D eigenvalue weighted by molar-refractivity contribution is 5.90. The molecule has 1 aromatic heterocycles. The third-order valence-corrected chi connectivity index (χ3v) is 4.54. The van der Waals surface area contributed by atoms with Crippen LogP contribution in [0.3, 0.4) is 0 Å². The zero-order valence-electron chi connectivity index (χ0n) is 15.0. The van der Waals surface area contributed by atoms with Crippen LogP contribution in [0.2, 0.25) is 0 Å². The summed E-state index contributed by atoms with van der Waals surface area (Å²) in [6.45, 7) is 6.77. The quantitative estimate of drug-likeness (QED) is 0.805. The second-order valence-electron chi connectivity index (χ2n) is 6.57. The van der Waals surface area contributed by atoms with Gasteiger partial charge in [0.05, 0.1) is 11.6 Å². The molecule has 2 atom stereocenters. The summed E-state index contributed by atoms with van der Waals surface area (Å²) in [5.41, 5.74) is 1.03. The van der Waals surface area contributed by atoms with Crippen LogP contribution in [0.25, 0.3) is 0 Å². The molecule has 1 heterocycles. The maximum absolute atomic E-state index is 12.6. The first kappa shape index (κ1) is 18.7. The molecule has 0 aliphatic heterocycles. The van der Waals surface area contributed by atoms with Crippen molar-refractivity contribution in [2.45, 2.75) is 52.0 Å². The summed E-state index contributed by atoms with van der Waals surface area (Å²) in [5.74, 6) is -1.38. The molecule has 1 amide bonds. The van der Waals surface area contributed by atoms with Crippen LogP contribution in [0.1, 0.15) is 48.8 Å². The summed E-state index contributed by atoms with van der Waals surface area (Å²) >= 11 is 0. The van der Waals surface area contributed by atoms with E-state index in [2.05, 4.69) is 10.5 Å². The number of amides is 1. The molecule has 25 heavy (non-hydrogen) atoms. The van der Waals surface area contributed by atoms with Crippen LogP contribution in [0.15, 0.2) is 34.9 Å². The van der Waals surface area contributed by atoms with Crippen molar-refractivity contribution in [3.63, 3.8) is 0 Å². The fourth-order valence-corrected chi connectivity index (χ4v) is 2.88. The van der Waals surface area contributed by atoms with Gasteiger partial charge in [-0.25, -0.2) is 4.79 Å². The minimum Gasteiger partial charge on any atom is -0.480 e. The van der Waals surface area contributed by atoms with Gasteiger partial charge in [0.25, 0.3) is 0 Å². The second kappa shape index (κ2) is 7.51. The lowest BCUT2D eigenvalue weighted by atomic mass is 9.91. The number of hydrogen-bond acceptors (Lipinski definition) is 4. The number of carbonyl (C=O) groups is 2. The Morgan fingerprint density at radius 3 is 2.44 bits per heavy atom. The Morgan fingerprint density at radius 1 is 1.28 bits per heavy atom. The molecule has 1 aromatic carbocycles. The number of aryl methyl sites for hydroxylation is 3. The lowest BCUT2D eigenvalue weighted by Crippen LogP contribution is -2.53. The second-order valence-corrected chi connectivity index (χ2v) is 6.57. The summed E-state index contributed by atoms with van der Waals surface area (Å²) in [4.78, 5) is 24.4. The van der Waals surface area contributed by atoms with E-state index in [1.165, 1.54) is 6.92 Å². The summed E-state index contributed by atoms with van der Waals surface area (Å²) < 4.78 is 5.10. The lowest BCUT2D eigenvalue weighted by molar-refractivity contribution is -0.147. The van der Waals surface area contributed by atoms with Crippen LogP contribution in [-0.4, -0.2) is 27.7 Å². The molecular weight excluding hydrogens is 320 g/mol. The molecule has 0 aliphatic carbocycles. The van der Waals surface area contributed by atoms with E-state index in [0.717, 1.165) is 5.56 Å². The molecule has 0 spiro atoms. The molecule has 2 unspecified atom stereocenters. The Hall–Kier alpha value is -2.63. The predicted molar refractivity (Wildman–Crippen MR) is 93.3 cm³/mol. The third-order valence-electron chi connectivity index (χ3n) is 4.54. The first-order chi connectivity index (χ1) is 11.7. The van der Waals surface area contributed by atoms with Gasteiger partial charge in [0.2, 0.25) is 5.91 Å². The molecule has 0 radical (unpaired) electrons. The van der Waals surface area contributed by atoms with Gasteiger partial charge >= 0.3 is 5.97 Å². The molecule has 0 bridgehead atoms. The van der Waals surface area contributed by atoms with Crippen LogP contribution < -0.4 is 5.32 Å². The van der Waals surface area contributed by atoms with Crippen molar-refractivity contribution in [1.82, 2.24) is 10.5 Å². The van der Waals surface area contributed by atoms with Crippen molar-refractivity contribution in [2.75, 3.05) is 0 Å². The van der Waals surface area contributed by atoms with E-state index < -0.39 is 17.4 Å². The van der Waals surface area contributed by atoms with Gasteiger partial charge < -0.3 is 14.9 Å². The van der Waals surface area contributed by atoms with Crippen molar-refractivity contribution >= 4 is 11.9 Å². The third kappa shape index (κ3) is 4.26. The number of benzene rings is 1. The number of carbonyl (C=O) groups excluding carboxylic acids is 1. The predicted octanol–water partition coefficient (Wildman–Crippen LogP) is 2.99. The van der Waals surface area contributed by atoms with Gasteiger partial charge in [0.15, 0.2) is 0 Å². The average molecular weight is 344 g/mol. The molecule has 0 saturated carbocycles. The summed E-state index contributed by atoms with van der Waals surface area (Å²) in [6, 6.07) is 9.61. The first-order valence-corrected chi connectivity index (χ1v) is 8.26. The topological polar surface area (TPSA) is 92.4 Å². The van der Waals surface area contributed by atoms with Gasteiger partial charge in [-0.3, -0.25) is 4.79 Å². The summed E-state index contributed by atoms with van der Waals surface area (Å²) in [5, 5.41) is 16.2. The molecule has 2 rings (SSSR count).